The predicted octanol–water partition coefficient (Wildman–Crippen LogP) is 3.09. The van der Waals surface area contributed by atoms with Crippen LogP contribution in [0.15, 0.2) is 29.3 Å². The van der Waals surface area contributed by atoms with E-state index in [0.717, 1.165) is 35.1 Å². The number of benzene rings is 1. The third-order valence-corrected chi connectivity index (χ3v) is 6.50. The van der Waals surface area contributed by atoms with Gasteiger partial charge in [-0.05, 0) is 37.3 Å². The van der Waals surface area contributed by atoms with Gasteiger partial charge < -0.3 is 10.1 Å². The third-order valence-electron chi connectivity index (χ3n) is 4.20. The minimum absolute atomic E-state index is 0.152. The van der Waals surface area contributed by atoms with Crippen molar-refractivity contribution in [1.82, 2.24) is 5.32 Å². The van der Waals surface area contributed by atoms with Crippen molar-refractivity contribution < 1.29 is 14.3 Å². The summed E-state index contributed by atoms with van der Waals surface area (Å²) in [6, 6.07) is 7.52. The van der Waals surface area contributed by atoms with Crippen LogP contribution in [0.4, 0.5) is 0 Å². The van der Waals surface area contributed by atoms with Gasteiger partial charge in [-0.1, -0.05) is 41.7 Å². The van der Waals surface area contributed by atoms with Crippen LogP contribution in [0.2, 0.25) is 0 Å². The molecule has 0 unspecified atom stereocenters. The Morgan fingerprint density at radius 3 is 2.92 bits per heavy atom. The smallest absolute Gasteiger partial charge is 0.338 e. The molecule has 1 aliphatic carbocycles. The first-order valence-electron chi connectivity index (χ1n) is 8.48. The third kappa shape index (κ3) is 5.51. The molecule has 1 fully saturated rings. The molecule has 1 amide bonds. The van der Waals surface area contributed by atoms with Crippen LogP contribution >= 0.6 is 23.5 Å². The monoisotopic (exact) mass is 378 g/mol. The van der Waals surface area contributed by atoms with Gasteiger partial charge in [-0.15, -0.1) is 0 Å². The number of rotatable bonds is 7. The van der Waals surface area contributed by atoms with E-state index in [4.69, 9.17) is 4.74 Å². The van der Waals surface area contributed by atoms with Crippen LogP contribution in [0, 0.1) is 5.92 Å². The van der Waals surface area contributed by atoms with Gasteiger partial charge >= 0.3 is 5.97 Å². The van der Waals surface area contributed by atoms with E-state index < -0.39 is 5.97 Å². The van der Waals surface area contributed by atoms with Crippen molar-refractivity contribution in [3.8, 4) is 0 Å². The molecule has 1 heterocycles. The molecule has 1 N–H and O–H groups in total. The lowest BCUT2D eigenvalue weighted by Gasteiger charge is -2.13. The van der Waals surface area contributed by atoms with Gasteiger partial charge in [0.25, 0.3) is 5.91 Å². The largest absolute Gasteiger partial charge is 0.452 e. The predicted molar refractivity (Wildman–Crippen MR) is 103 cm³/mol. The number of nitrogens with one attached hydrogen (secondary N) is 1. The van der Waals surface area contributed by atoms with Gasteiger partial charge in [-0.25, -0.2) is 4.79 Å². The fourth-order valence-corrected chi connectivity index (χ4v) is 4.62. The van der Waals surface area contributed by atoms with Gasteiger partial charge in [0.1, 0.15) is 4.38 Å². The highest BCUT2D eigenvalue weighted by atomic mass is 32.2. The molecule has 0 saturated heterocycles. The summed E-state index contributed by atoms with van der Waals surface area (Å²) < 4.78 is 6.27. The molecular formula is C18H22N2O3S2. The first-order valence-corrected chi connectivity index (χ1v) is 10.4. The molecule has 0 radical (unpaired) electrons. The summed E-state index contributed by atoms with van der Waals surface area (Å²) in [6.45, 7) is 2.62. The maximum atomic E-state index is 12.4. The topological polar surface area (TPSA) is 67.8 Å². The standard InChI is InChI=1S/C18H22N2O3S2/c1-12(13-6-7-13)20-16(21)10-23-17(22)15-5-3-2-4-14(15)11-25-18-19-8-9-24-18/h2-5,12-13H,6-11H2,1H3,(H,20,21)/t12-/m1/s1. The van der Waals surface area contributed by atoms with Crippen LogP contribution in [-0.4, -0.2) is 41.2 Å². The zero-order valence-electron chi connectivity index (χ0n) is 14.2. The zero-order chi connectivity index (χ0) is 17.6. The molecule has 0 spiro atoms. The molecule has 1 aliphatic heterocycles. The molecule has 134 valence electrons. The van der Waals surface area contributed by atoms with Crippen LogP contribution in [0.25, 0.3) is 0 Å². The van der Waals surface area contributed by atoms with E-state index in [1.807, 2.05) is 25.1 Å². The van der Waals surface area contributed by atoms with E-state index in [1.165, 1.54) is 0 Å². The number of amides is 1. The fraction of sp³-hybridized carbons (Fsp3) is 0.500. The van der Waals surface area contributed by atoms with Crippen LogP contribution in [0.3, 0.4) is 0 Å². The van der Waals surface area contributed by atoms with Gasteiger partial charge in [-0.2, -0.15) is 0 Å². The normalized spacial score (nSPS) is 17.7. The number of aliphatic imine (C=N–C) groups is 1. The van der Waals surface area contributed by atoms with Gasteiger partial charge in [-0.3, -0.25) is 9.79 Å². The zero-order valence-corrected chi connectivity index (χ0v) is 15.8. The number of ether oxygens (including phenoxy) is 1. The lowest BCUT2D eigenvalue weighted by Crippen LogP contribution is -2.37. The Morgan fingerprint density at radius 2 is 2.20 bits per heavy atom. The van der Waals surface area contributed by atoms with Crippen LogP contribution in [-0.2, 0) is 15.3 Å². The molecular weight excluding hydrogens is 356 g/mol. The van der Waals surface area contributed by atoms with Crippen molar-refractivity contribution in [2.24, 2.45) is 10.9 Å². The van der Waals surface area contributed by atoms with Crippen molar-refractivity contribution in [2.45, 2.75) is 31.6 Å². The van der Waals surface area contributed by atoms with E-state index in [-0.39, 0.29) is 18.6 Å². The lowest BCUT2D eigenvalue weighted by molar-refractivity contribution is -0.124. The Kier molecular flexibility index (Phi) is 6.42. The molecule has 1 aromatic rings. The summed E-state index contributed by atoms with van der Waals surface area (Å²) in [5.74, 6) is 1.58. The van der Waals surface area contributed by atoms with E-state index in [9.17, 15) is 9.59 Å². The number of carbonyl (C=O) groups is 2. The Morgan fingerprint density at radius 1 is 1.40 bits per heavy atom. The average Bonchev–Trinajstić information content (AvgIpc) is 3.35. The molecule has 0 bridgehead atoms. The average molecular weight is 379 g/mol. The highest BCUT2D eigenvalue weighted by Gasteiger charge is 2.29. The highest BCUT2D eigenvalue weighted by molar-refractivity contribution is 8.38. The molecule has 0 aromatic heterocycles. The molecule has 5 nitrogen and oxygen atoms in total. The summed E-state index contributed by atoms with van der Waals surface area (Å²) in [6.07, 6.45) is 2.33. The molecule has 7 heteroatoms. The lowest BCUT2D eigenvalue weighted by atomic mass is 10.1. The Balaban J connectivity index is 1.51. The fourth-order valence-electron chi connectivity index (χ4n) is 2.61. The molecule has 1 aromatic carbocycles. The van der Waals surface area contributed by atoms with E-state index in [2.05, 4.69) is 10.3 Å². The van der Waals surface area contributed by atoms with Gasteiger partial charge in [0.05, 0.1) is 12.1 Å². The quantitative estimate of drug-likeness (QED) is 0.739. The van der Waals surface area contributed by atoms with Crippen molar-refractivity contribution >= 4 is 39.8 Å². The summed E-state index contributed by atoms with van der Waals surface area (Å²) >= 11 is 3.38. The van der Waals surface area contributed by atoms with Gasteiger partial charge in [0.15, 0.2) is 6.61 Å². The number of thioether (sulfide) groups is 2. The Labute approximate surface area is 156 Å². The van der Waals surface area contributed by atoms with Crippen LogP contribution in [0.5, 0.6) is 0 Å². The SMILES string of the molecule is C[C@@H](NC(=O)COC(=O)c1ccccc1CSC1=NCCS1)C1CC1. The van der Waals surface area contributed by atoms with E-state index >= 15 is 0 Å². The van der Waals surface area contributed by atoms with Crippen LogP contribution in [0.1, 0.15) is 35.7 Å². The highest BCUT2D eigenvalue weighted by Crippen LogP contribution is 2.32. The van der Waals surface area contributed by atoms with Crippen molar-refractivity contribution in [3.05, 3.63) is 35.4 Å². The van der Waals surface area contributed by atoms with Crippen molar-refractivity contribution in [1.29, 1.82) is 0 Å². The number of hydrogen-bond donors (Lipinski definition) is 1. The van der Waals surface area contributed by atoms with Gasteiger partial charge in [0.2, 0.25) is 0 Å². The second kappa shape index (κ2) is 8.76. The summed E-state index contributed by atoms with van der Waals surface area (Å²) in [5.41, 5.74) is 1.42. The first-order chi connectivity index (χ1) is 12.1. The molecule has 25 heavy (non-hydrogen) atoms. The maximum Gasteiger partial charge on any atom is 0.338 e. The number of hydrogen-bond acceptors (Lipinski definition) is 6. The number of nitrogens with zero attached hydrogens (tertiary/aromatic N) is 1. The maximum absolute atomic E-state index is 12.4. The second-order valence-corrected chi connectivity index (χ2v) is 8.52. The summed E-state index contributed by atoms with van der Waals surface area (Å²) in [7, 11) is 0. The number of carbonyl (C=O) groups excluding carboxylic acids is 2. The summed E-state index contributed by atoms with van der Waals surface area (Å²) in [4.78, 5) is 28.7. The molecule has 1 atom stereocenters. The molecule has 3 rings (SSSR count). The van der Waals surface area contributed by atoms with Crippen LogP contribution < -0.4 is 5.32 Å². The second-order valence-electron chi connectivity index (χ2n) is 6.21. The summed E-state index contributed by atoms with van der Waals surface area (Å²) in [5, 5.41) is 2.89. The van der Waals surface area contributed by atoms with E-state index in [0.29, 0.717) is 17.2 Å². The van der Waals surface area contributed by atoms with Crippen molar-refractivity contribution in [3.63, 3.8) is 0 Å². The Bertz CT molecular complexity index is 674. The Hall–Kier alpha value is -1.47. The number of esters is 1. The van der Waals surface area contributed by atoms with Gasteiger partial charge in [0, 0.05) is 17.5 Å². The molecule has 1 saturated carbocycles. The first kappa shape index (κ1) is 18.3. The minimum Gasteiger partial charge on any atom is -0.452 e. The van der Waals surface area contributed by atoms with E-state index in [1.54, 1.807) is 29.6 Å². The van der Waals surface area contributed by atoms with Crippen molar-refractivity contribution in [2.75, 3.05) is 18.9 Å². The molecule has 2 aliphatic rings. The minimum atomic E-state index is -0.452.